The zero-order valence-corrected chi connectivity index (χ0v) is 11.2. The van der Waals surface area contributed by atoms with Crippen LogP contribution in [0.4, 0.5) is 13.2 Å². The molecule has 0 radical (unpaired) electrons. The van der Waals surface area contributed by atoms with Crippen LogP contribution in [0.15, 0.2) is 24.3 Å². The highest BCUT2D eigenvalue weighted by molar-refractivity contribution is 5.97. The number of carbonyl (C=O) groups excluding carboxylic acids is 2. The summed E-state index contributed by atoms with van der Waals surface area (Å²) in [7, 11) is 0. The van der Waals surface area contributed by atoms with E-state index in [1.54, 1.807) is 0 Å². The maximum Gasteiger partial charge on any atom is 0.416 e. The largest absolute Gasteiger partial charge is 0.481 e. The summed E-state index contributed by atoms with van der Waals surface area (Å²) >= 11 is 0. The van der Waals surface area contributed by atoms with Crippen LogP contribution < -0.4 is 11.1 Å². The minimum Gasteiger partial charge on any atom is -0.481 e. The summed E-state index contributed by atoms with van der Waals surface area (Å²) in [5.74, 6) is -2.92. The van der Waals surface area contributed by atoms with Gasteiger partial charge >= 0.3 is 12.1 Å². The first kappa shape index (κ1) is 17.5. The van der Waals surface area contributed by atoms with Crippen LogP contribution in [0.25, 0.3) is 0 Å². The summed E-state index contributed by atoms with van der Waals surface area (Å²) < 4.78 is 37.2. The number of carboxylic acid groups (broad SMARTS) is 1. The number of carboxylic acids is 1. The summed E-state index contributed by atoms with van der Waals surface area (Å²) in [5.41, 5.74) is 4.02. The maximum atomic E-state index is 12.4. The molecule has 0 saturated heterocycles. The maximum absolute atomic E-state index is 12.4. The molecule has 22 heavy (non-hydrogen) atoms. The Kier molecular flexibility index (Phi) is 5.50. The topological polar surface area (TPSA) is 109 Å². The summed E-state index contributed by atoms with van der Waals surface area (Å²) in [6.07, 6.45) is -5.12. The fourth-order valence-electron chi connectivity index (χ4n) is 1.61. The van der Waals surface area contributed by atoms with Gasteiger partial charge in [-0.2, -0.15) is 13.2 Å². The van der Waals surface area contributed by atoms with Gasteiger partial charge in [-0.25, -0.2) is 0 Å². The fourth-order valence-corrected chi connectivity index (χ4v) is 1.61. The van der Waals surface area contributed by atoms with E-state index in [2.05, 4.69) is 5.32 Å². The minimum atomic E-state index is -4.52. The Balaban J connectivity index is 2.77. The number of amides is 2. The van der Waals surface area contributed by atoms with Crippen molar-refractivity contribution in [3.8, 4) is 0 Å². The van der Waals surface area contributed by atoms with Crippen molar-refractivity contribution >= 4 is 17.8 Å². The van der Waals surface area contributed by atoms with Crippen LogP contribution in [0.5, 0.6) is 0 Å². The zero-order chi connectivity index (χ0) is 16.9. The molecule has 0 saturated carbocycles. The second kappa shape index (κ2) is 6.92. The molecule has 0 aliphatic heterocycles. The molecule has 4 N–H and O–H groups in total. The molecule has 6 nitrogen and oxygen atoms in total. The van der Waals surface area contributed by atoms with Gasteiger partial charge < -0.3 is 16.2 Å². The second-order valence-electron chi connectivity index (χ2n) is 4.44. The lowest BCUT2D eigenvalue weighted by Gasteiger charge is -2.15. The van der Waals surface area contributed by atoms with E-state index in [-0.39, 0.29) is 18.4 Å². The van der Waals surface area contributed by atoms with Gasteiger partial charge in [0.1, 0.15) is 6.04 Å². The van der Waals surface area contributed by atoms with Crippen LogP contribution in [-0.2, 0) is 15.8 Å². The molecule has 0 bridgehead atoms. The number of hydrogen-bond acceptors (Lipinski definition) is 3. The zero-order valence-electron chi connectivity index (χ0n) is 11.2. The average Bonchev–Trinajstić information content (AvgIpc) is 2.41. The Morgan fingerprint density at radius 3 is 2.14 bits per heavy atom. The van der Waals surface area contributed by atoms with E-state index in [1.807, 2.05) is 0 Å². The molecule has 0 fully saturated rings. The fraction of sp³-hybridized carbons (Fsp3) is 0.308. The van der Waals surface area contributed by atoms with Crippen molar-refractivity contribution in [2.24, 2.45) is 5.73 Å². The quantitative estimate of drug-likeness (QED) is 0.731. The van der Waals surface area contributed by atoms with Crippen LogP contribution >= 0.6 is 0 Å². The molecule has 1 aromatic carbocycles. The highest BCUT2D eigenvalue weighted by Gasteiger charge is 2.30. The van der Waals surface area contributed by atoms with E-state index in [0.717, 1.165) is 24.3 Å². The van der Waals surface area contributed by atoms with Crippen LogP contribution in [0.1, 0.15) is 28.8 Å². The molecule has 0 heterocycles. The Morgan fingerprint density at radius 2 is 1.73 bits per heavy atom. The van der Waals surface area contributed by atoms with Crippen LogP contribution in [0, 0.1) is 0 Å². The molecule has 0 aliphatic carbocycles. The molecule has 9 heteroatoms. The Morgan fingerprint density at radius 1 is 1.18 bits per heavy atom. The van der Waals surface area contributed by atoms with E-state index < -0.39 is 35.6 Å². The SMILES string of the molecule is NC(=O)[C@H](CCC(=O)O)NC(=O)c1ccc(C(F)(F)F)cc1. The number of aliphatic carboxylic acids is 1. The lowest BCUT2D eigenvalue weighted by molar-refractivity contribution is -0.138. The molecule has 0 aromatic heterocycles. The van der Waals surface area contributed by atoms with Gasteiger partial charge in [0.2, 0.25) is 5.91 Å². The van der Waals surface area contributed by atoms with E-state index in [4.69, 9.17) is 10.8 Å². The number of rotatable bonds is 6. The van der Waals surface area contributed by atoms with Crippen LogP contribution in [0.2, 0.25) is 0 Å². The van der Waals surface area contributed by atoms with Crippen LogP contribution in [-0.4, -0.2) is 28.9 Å². The normalized spacial score (nSPS) is 12.5. The molecule has 0 spiro atoms. The number of benzene rings is 1. The summed E-state index contributed by atoms with van der Waals surface area (Å²) in [4.78, 5) is 33.4. The summed E-state index contributed by atoms with van der Waals surface area (Å²) in [6, 6.07) is 2.14. The first-order chi connectivity index (χ1) is 10.1. The molecule has 1 rings (SSSR count). The average molecular weight is 318 g/mol. The highest BCUT2D eigenvalue weighted by atomic mass is 19.4. The van der Waals surface area contributed by atoms with Crippen molar-refractivity contribution in [2.45, 2.75) is 25.1 Å². The molecule has 0 aliphatic rings. The standard InChI is InChI=1S/C13H13F3N2O4/c14-13(15,16)8-3-1-7(2-4-8)12(22)18-9(11(17)21)5-6-10(19)20/h1-4,9H,5-6H2,(H2,17,21)(H,18,22)(H,19,20)/t9-/m0/s1. The van der Waals surface area contributed by atoms with Gasteiger partial charge in [-0.3, -0.25) is 14.4 Å². The van der Waals surface area contributed by atoms with Crippen molar-refractivity contribution < 1.29 is 32.7 Å². The van der Waals surface area contributed by atoms with Gasteiger partial charge in [-0.05, 0) is 30.7 Å². The van der Waals surface area contributed by atoms with Gasteiger partial charge in [0.05, 0.1) is 5.56 Å². The molecule has 0 unspecified atom stereocenters. The Bertz CT molecular complexity index is 570. The van der Waals surface area contributed by atoms with Crippen molar-refractivity contribution in [2.75, 3.05) is 0 Å². The molecular formula is C13H13F3N2O4. The van der Waals surface area contributed by atoms with Crippen molar-refractivity contribution in [3.63, 3.8) is 0 Å². The lowest BCUT2D eigenvalue weighted by atomic mass is 10.1. The third-order valence-electron chi connectivity index (χ3n) is 2.77. The Labute approximate surface area is 123 Å². The predicted octanol–water partition coefficient (Wildman–Crippen LogP) is 1.15. The lowest BCUT2D eigenvalue weighted by Crippen LogP contribution is -2.44. The van der Waals surface area contributed by atoms with Gasteiger partial charge in [0, 0.05) is 12.0 Å². The third kappa shape index (κ3) is 5.08. The summed E-state index contributed by atoms with van der Waals surface area (Å²) in [5, 5.41) is 10.7. The van der Waals surface area contributed by atoms with Crippen molar-refractivity contribution in [3.05, 3.63) is 35.4 Å². The number of halogens is 3. The third-order valence-corrected chi connectivity index (χ3v) is 2.77. The van der Waals surface area contributed by atoms with Crippen LogP contribution in [0.3, 0.4) is 0 Å². The second-order valence-corrected chi connectivity index (χ2v) is 4.44. The van der Waals surface area contributed by atoms with Crippen molar-refractivity contribution in [1.29, 1.82) is 0 Å². The van der Waals surface area contributed by atoms with E-state index in [0.29, 0.717) is 0 Å². The number of hydrogen-bond donors (Lipinski definition) is 3. The number of primary amides is 1. The number of carbonyl (C=O) groups is 3. The van der Waals surface area contributed by atoms with E-state index in [1.165, 1.54) is 0 Å². The van der Waals surface area contributed by atoms with Gasteiger partial charge in [0.25, 0.3) is 5.91 Å². The van der Waals surface area contributed by atoms with Gasteiger partial charge in [-0.1, -0.05) is 0 Å². The minimum absolute atomic E-state index is 0.102. The van der Waals surface area contributed by atoms with Gasteiger partial charge in [-0.15, -0.1) is 0 Å². The summed E-state index contributed by atoms with van der Waals surface area (Å²) in [6.45, 7) is 0. The van der Waals surface area contributed by atoms with E-state index in [9.17, 15) is 27.6 Å². The number of nitrogens with two attached hydrogens (primary N) is 1. The number of alkyl halides is 3. The van der Waals surface area contributed by atoms with Crippen molar-refractivity contribution in [1.82, 2.24) is 5.32 Å². The highest BCUT2D eigenvalue weighted by Crippen LogP contribution is 2.29. The molecule has 120 valence electrons. The van der Waals surface area contributed by atoms with Gasteiger partial charge in [0.15, 0.2) is 0 Å². The smallest absolute Gasteiger partial charge is 0.416 e. The monoisotopic (exact) mass is 318 g/mol. The number of nitrogens with one attached hydrogen (secondary N) is 1. The first-order valence-corrected chi connectivity index (χ1v) is 6.10. The molecule has 2 amide bonds. The molecule has 1 atom stereocenters. The van der Waals surface area contributed by atoms with E-state index >= 15 is 0 Å². The molecular weight excluding hydrogens is 305 g/mol. The predicted molar refractivity (Wildman–Crippen MR) is 68.8 cm³/mol. The first-order valence-electron chi connectivity index (χ1n) is 6.10. The Hall–Kier alpha value is -2.58. The molecule has 1 aromatic rings.